The number of anilines is 3. The van der Waals surface area contributed by atoms with Crippen molar-refractivity contribution in [3.05, 3.63) is 115 Å². The normalized spacial score (nSPS) is 11.3. The van der Waals surface area contributed by atoms with Crippen molar-refractivity contribution in [3.63, 3.8) is 0 Å². The van der Waals surface area contributed by atoms with Gasteiger partial charge in [-0.3, -0.25) is 0 Å². The Kier molecular flexibility index (Phi) is 7.59. The van der Waals surface area contributed by atoms with Crippen molar-refractivity contribution >= 4 is 56.3 Å². The van der Waals surface area contributed by atoms with Crippen LogP contribution in [-0.4, -0.2) is 6.00 Å². The molecule has 162 valence electrons. The van der Waals surface area contributed by atoms with E-state index in [-0.39, 0.29) is 0 Å². The molecule has 4 aromatic rings. The van der Waals surface area contributed by atoms with E-state index in [1.165, 1.54) is 16.7 Å². The summed E-state index contributed by atoms with van der Waals surface area (Å²) < 4.78 is 0. The highest BCUT2D eigenvalue weighted by Gasteiger charge is 2.24. The summed E-state index contributed by atoms with van der Waals surface area (Å²) in [5, 5.41) is 0. The molecule has 0 bridgehead atoms. The second-order valence-corrected chi connectivity index (χ2v) is 16.9. The lowest BCUT2D eigenvalue weighted by Gasteiger charge is -2.30. The second-order valence-electron chi connectivity index (χ2n) is 7.65. The maximum absolute atomic E-state index is 6.14. The van der Waals surface area contributed by atoms with E-state index in [4.69, 9.17) is 33.2 Å². The van der Waals surface area contributed by atoms with Gasteiger partial charge in [0, 0.05) is 16.9 Å². The Hall–Kier alpha value is -2.23. The summed E-state index contributed by atoms with van der Waals surface area (Å²) in [5.41, 5.74) is 6.99. The number of hydrogen-bond acceptors (Lipinski definition) is 1. The van der Waals surface area contributed by atoms with Crippen LogP contribution in [0.3, 0.4) is 0 Å². The average Bonchev–Trinajstić information content (AvgIpc) is 2.81. The third-order valence-electron chi connectivity index (χ3n) is 5.38. The van der Waals surface area contributed by atoms with Crippen LogP contribution in [0.1, 0.15) is 12.0 Å². The molecule has 0 heterocycles. The Balaban J connectivity index is 1.82. The smallest absolute Gasteiger partial charge is 0.310 e. The van der Waals surface area contributed by atoms with Gasteiger partial charge in [0.2, 0.25) is 0 Å². The summed E-state index contributed by atoms with van der Waals surface area (Å²) in [6.45, 7) is 0. The fourth-order valence-corrected chi connectivity index (χ4v) is 5.72. The van der Waals surface area contributed by atoms with Crippen LogP contribution >= 0.6 is 33.2 Å². The monoisotopic (exact) mass is 495 g/mol. The summed E-state index contributed by atoms with van der Waals surface area (Å²) in [7, 11) is 0. The number of hydrogen-bond donors (Lipinski definition) is 0. The van der Waals surface area contributed by atoms with E-state index in [1.807, 2.05) is 12.1 Å². The molecular formula is C27H24Cl3NSi. The molecule has 0 saturated heterocycles. The molecule has 0 atom stereocenters. The zero-order valence-electron chi connectivity index (χ0n) is 17.6. The van der Waals surface area contributed by atoms with E-state index in [0.717, 1.165) is 29.9 Å². The summed E-state index contributed by atoms with van der Waals surface area (Å²) >= 11 is 18.4. The average molecular weight is 497 g/mol. The highest BCUT2D eigenvalue weighted by molar-refractivity contribution is 7.64. The van der Waals surface area contributed by atoms with Crippen molar-refractivity contribution in [1.29, 1.82) is 0 Å². The van der Waals surface area contributed by atoms with Gasteiger partial charge in [0.25, 0.3) is 0 Å². The maximum atomic E-state index is 6.14. The van der Waals surface area contributed by atoms with Crippen LogP contribution in [0.5, 0.6) is 0 Å². The first-order valence-electron chi connectivity index (χ1n) is 10.7. The first-order valence-corrected chi connectivity index (χ1v) is 15.9. The molecule has 32 heavy (non-hydrogen) atoms. The van der Waals surface area contributed by atoms with Gasteiger partial charge in [-0.1, -0.05) is 84.9 Å². The number of aryl methyl sites for hydroxylation is 1. The van der Waals surface area contributed by atoms with Gasteiger partial charge < -0.3 is 4.90 Å². The molecule has 4 aromatic carbocycles. The lowest BCUT2D eigenvalue weighted by atomic mass is 10.00. The molecule has 0 aliphatic carbocycles. The lowest BCUT2D eigenvalue weighted by Crippen LogP contribution is -2.14. The van der Waals surface area contributed by atoms with Crippen LogP contribution < -0.4 is 4.90 Å². The van der Waals surface area contributed by atoms with Crippen molar-refractivity contribution < 1.29 is 0 Å². The molecule has 0 spiro atoms. The van der Waals surface area contributed by atoms with E-state index >= 15 is 0 Å². The Labute approximate surface area is 205 Å². The van der Waals surface area contributed by atoms with Crippen LogP contribution in [0.4, 0.5) is 17.1 Å². The summed E-state index contributed by atoms with van der Waals surface area (Å²) in [5.74, 6) is 0. The first-order chi connectivity index (χ1) is 15.5. The first kappa shape index (κ1) is 22.9. The number of para-hydroxylation sites is 3. The molecule has 4 rings (SSSR count). The Morgan fingerprint density at radius 2 is 1.16 bits per heavy atom. The molecule has 0 unspecified atom stereocenters. The van der Waals surface area contributed by atoms with Crippen molar-refractivity contribution in [1.82, 2.24) is 0 Å². The Morgan fingerprint density at radius 1 is 0.594 bits per heavy atom. The van der Waals surface area contributed by atoms with E-state index in [1.54, 1.807) is 0 Å². The number of benzene rings is 4. The van der Waals surface area contributed by atoms with Crippen LogP contribution in [0.2, 0.25) is 6.04 Å². The number of rotatable bonds is 8. The molecule has 0 aliphatic heterocycles. The summed E-state index contributed by atoms with van der Waals surface area (Å²) in [6.07, 6.45) is 1.70. The molecule has 0 fully saturated rings. The Bertz CT molecular complexity index is 1140. The van der Waals surface area contributed by atoms with Gasteiger partial charge in [0.15, 0.2) is 0 Å². The topological polar surface area (TPSA) is 3.24 Å². The molecule has 0 aromatic heterocycles. The van der Waals surface area contributed by atoms with Gasteiger partial charge in [-0.15, -0.1) is 33.2 Å². The van der Waals surface area contributed by atoms with Gasteiger partial charge >= 0.3 is 6.00 Å². The van der Waals surface area contributed by atoms with Gasteiger partial charge in [-0.2, -0.15) is 0 Å². The number of halogens is 3. The third kappa shape index (κ3) is 5.76. The minimum Gasteiger partial charge on any atom is -0.310 e. The van der Waals surface area contributed by atoms with Crippen molar-refractivity contribution in [2.75, 3.05) is 4.90 Å². The predicted molar refractivity (Wildman–Crippen MR) is 143 cm³/mol. The highest BCUT2D eigenvalue weighted by atomic mass is 35.8. The van der Waals surface area contributed by atoms with Crippen molar-refractivity contribution in [2.24, 2.45) is 0 Å². The SMILES string of the molecule is Cl[Si](Cl)(Cl)CCCc1ccccc1N(c1ccccc1)c1ccccc1-c1ccccc1. The predicted octanol–water partition coefficient (Wildman–Crippen LogP) is 9.41. The van der Waals surface area contributed by atoms with Crippen LogP contribution in [-0.2, 0) is 6.42 Å². The molecule has 0 radical (unpaired) electrons. The molecule has 0 aliphatic rings. The fourth-order valence-electron chi connectivity index (χ4n) is 3.94. The molecule has 0 amide bonds. The van der Waals surface area contributed by atoms with Crippen LogP contribution in [0.15, 0.2) is 109 Å². The molecular weight excluding hydrogens is 473 g/mol. The van der Waals surface area contributed by atoms with E-state index in [9.17, 15) is 0 Å². The highest BCUT2D eigenvalue weighted by Crippen LogP contribution is 2.42. The van der Waals surface area contributed by atoms with Crippen LogP contribution in [0.25, 0.3) is 11.1 Å². The largest absolute Gasteiger partial charge is 0.341 e. The zero-order chi connectivity index (χ0) is 22.4. The van der Waals surface area contributed by atoms with Gasteiger partial charge in [0.05, 0.1) is 5.69 Å². The Morgan fingerprint density at radius 3 is 1.84 bits per heavy atom. The molecule has 0 N–H and O–H groups in total. The van der Waals surface area contributed by atoms with E-state index in [0.29, 0.717) is 6.04 Å². The van der Waals surface area contributed by atoms with Crippen molar-refractivity contribution in [2.45, 2.75) is 18.9 Å². The molecule has 0 saturated carbocycles. The summed E-state index contributed by atoms with van der Waals surface area (Å²) in [4.78, 5) is 2.34. The molecule has 1 nitrogen and oxygen atoms in total. The lowest BCUT2D eigenvalue weighted by molar-refractivity contribution is 0.912. The second kappa shape index (κ2) is 10.6. The van der Waals surface area contributed by atoms with Gasteiger partial charge in [0.1, 0.15) is 0 Å². The molecule has 5 heteroatoms. The van der Waals surface area contributed by atoms with Crippen LogP contribution in [0, 0.1) is 0 Å². The summed E-state index contributed by atoms with van der Waals surface area (Å²) in [6, 6.07) is 36.1. The van der Waals surface area contributed by atoms with Crippen molar-refractivity contribution in [3.8, 4) is 11.1 Å². The minimum atomic E-state index is -2.63. The standard InChI is InChI=1S/C27H24Cl3NSi/c28-32(29,30)21-11-15-23-14-7-9-19-26(23)31(24-16-5-2-6-17-24)27-20-10-8-18-25(27)22-12-3-1-4-13-22/h1-10,12-14,16-20H,11,15,21H2. The van der Waals surface area contributed by atoms with Gasteiger partial charge in [-0.05, 0) is 54.3 Å². The van der Waals surface area contributed by atoms with E-state index in [2.05, 4.69) is 102 Å². The van der Waals surface area contributed by atoms with Gasteiger partial charge in [-0.25, -0.2) is 0 Å². The quantitative estimate of drug-likeness (QED) is 0.173. The zero-order valence-corrected chi connectivity index (χ0v) is 20.9. The number of nitrogens with zero attached hydrogens (tertiary/aromatic N) is 1. The third-order valence-corrected chi connectivity index (χ3v) is 8.00. The minimum absolute atomic E-state index is 0.651. The van der Waals surface area contributed by atoms with E-state index < -0.39 is 6.00 Å². The fraction of sp³-hybridized carbons (Fsp3) is 0.111. The maximum Gasteiger partial charge on any atom is 0.341 e.